The van der Waals surface area contributed by atoms with Crippen LogP contribution in [0.4, 0.5) is 0 Å². The van der Waals surface area contributed by atoms with Crippen molar-refractivity contribution in [1.82, 2.24) is 20.0 Å². The first kappa shape index (κ1) is 17.6. The van der Waals surface area contributed by atoms with Gasteiger partial charge in [0, 0.05) is 37.6 Å². The Balaban J connectivity index is 1.40. The number of para-hydroxylation sites is 1. The van der Waals surface area contributed by atoms with E-state index in [2.05, 4.69) is 20.0 Å². The second-order valence-corrected chi connectivity index (χ2v) is 6.31. The van der Waals surface area contributed by atoms with Crippen molar-refractivity contribution in [2.45, 2.75) is 6.42 Å². The molecule has 4 rings (SSSR count). The quantitative estimate of drug-likeness (QED) is 0.595. The van der Waals surface area contributed by atoms with Gasteiger partial charge >= 0.3 is 0 Å². The Hall–Kier alpha value is -2.77. The number of rotatable bonds is 7. The zero-order valence-electron chi connectivity index (χ0n) is 15.1. The summed E-state index contributed by atoms with van der Waals surface area (Å²) in [6, 6.07) is 11.4. The maximum absolute atomic E-state index is 6.00. The summed E-state index contributed by atoms with van der Waals surface area (Å²) in [4.78, 5) is 10.9. The van der Waals surface area contributed by atoms with E-state index in [1.165, 1.54) is 0 Å². The molecule has 7 heteroatoms. The van der Waals surface area contributed by atoms with Crippen molar-refractivity contribution in [3.63, 3.8) is 0 Å². The predicted molar refractivity (Wildman–Crippen MR) is 100 cm³/mol. The van der Waals surface area contributed by atoms with E-state index in [9.17, 15) is 0 Å². The Morgan fingerprint density at radius 1 is 1.04 bits per heavy atom. The molecule has 2 aromatic heterocycles. The molecule has 3 aromatic rings. The van der Waals surface area contributed by atoms with Crippen molar-refractivity contribution < 1.29 is 14.0 Å². The van der Waals surface area contributed by atoms with Gasteiger partial charge in [0.2, 0.25) is 5.82 Å². The lowest BCUT2D eigenvalue weighted by Gasteiger charge is -2.26. The molecule has 27 heavy (non-hydrogen) atoms. The molecule has 0 unspecified atom stereocenters. The van der Waals surface area contributed by atoms with Gasteiger partial charge in [-0.3, -0.25) is 9.88 Å². The van der Waals surface area contributed by atoms with Crippen LogP contribution in [0, 0.1) is 0 Å². The SMILES string of the molecule is c1ccc(-c2nc(-c3ccncc3)no2)c(OCCCN2CCOCC2)c1. The number of aromatic nitrogens is 3. The maximum Gasteiger partial charge on any atom is 0.262 e. The van der Waals surface area contributed by atoms with Crippen molar-refractivity contribution in [2.75, 3.05) is 39.5 Å². The fraction of sp³-hybridized carbons (Fsp3) is 0.350. The number of hydrogen-bond acceptors (Lipinski definition) is 7. The summed E-state index contributed by atoms with van der Waals surface area (Å²) in [6.45, 7) is 5.28. The van der Waals surface area contributed by atoms with Crippen molar-refractivity contribution in [3.05, 3.63) is 48.8 Å². The molecule has 0 radical (unpaired) electrons. The number of benzene rings is 1. The van der Waals surface area contributed by atoms with Crippen LogP contribution < -0.4 is 4.74 Å². The molecule has 0 aliphatic carbocycles. The fourth-order valence-electron chi connectivity index (χ4n) is 3.02. The first-order valence-corrected chi connectivity index (χ1v) is 9.16. The normalized spacial score (nSPS) is 15.0. The first-order valence-electron chi connectivity index (χ1n) is 9.16. The largest absolute Gasteiger partial charge is 0.493 e. The molecule has 0 amide bonds. The number of pyridine rings is 1. The van der Waals surface area contributed by atoms with Gasteiger partial charge in [-0.25, -0.2) is 0 Å². The van der Waals surface area contributed by atoms with Gasteiger partial charge in [-0.15, -0.1) is 0 Å². The van der Waals surface area contributed by atoms with Crippen LogP contribution in [0.25, 0.3) is 22.8 Å². The average Bonchev–Trinajstić information content (AvgIpc) is 3.23. The van der Waals surface area contributed by atoms with E-state index in [4.69, 9.17) is 14.0 Å². The van der Waals surface area contributed by atoms with Crippen molar-refractivity contribution in [1.29, 1.82) is 0 Å². The summed E-state index contributed by atoms with van der Waals surface area (Å²) >= 11 is 0. The van der Waals surface area contributed by atoms with E-state index in [1.54, 1.807) is 12.4 Å². The molecule has 0 saturated carbocycles. The zero-order valence-corrected chi connectivity index (χ0v) is 15.1. The monoisotopic (exact) mass is 366 g/mol. The van der Waals surface area contributed by atoms with E-state index in [0.29, 0.717) is 18.3 Å². The first-order chi connectivity index (χ1) is 13.4. The highest BCUT2D eigenvalue weighted by Gasteiger charge is 2.15. The molecular formula is C20H22N4O3. The summed E-state index contributed by atoms with van der Waals surface area (Å²) in [7, 11) is 0. The van der Waals surface area contributed by atoms with E-state index in [1.807, 2.05) is 36.4 Å². The molecule has 7 nitrogen and oxygen atoms in total. The molecule has 1 saturated heterocycles. The molecule has 140 valence electrons. The molecule has 0 N–H and O–H groups in total. The third-order valence-corrected chi connectivity index (χ3v) is 4.46. The minimum atomic E-state index is 0.450. The van der Waals surface area contributed by atoms with Crippen LogP contribution >= 0.6 is 0 Å². The van der Waals surface area contributed by atoms with Crippen LogP contribution in [0.5, 0.6) is 5.75 Å². The van der Waals surface area contributed by atoms with Crippen molar-refractivity contribution in [3.8, 4) is 28.6 Å². The van der Waals surface area contributed by atoms with Crippen LogP contribution in [0.15, 0.2) is 53.3 Å². The molecule has 1 aliphatic rings. The van der Waals surface area contributed by atoms with E-state index in [0.717, 1.165) is 56.1 Å². The Bertz CT molecular complexity index is 847. The van der Waals surface area contributed by atoms with Gasteiger partial charge in [0.25, 0.3) is 5.89 Å². The maximum atomic E-state index is 6.00. The Morgan fingerprint density at radius 2 is 1.85 bits per heavy atom. The van der Waals surface area contributed by atoms with Crippen LogP contribution in [0.2, 0.25) is 0 Å². The smallest absolute Gasteiger partial charge is 0.262 e. The second-order valence-electron chi connectivity index (χ2n) is 6.31. The average molecular weight is 366 g/mol. The third-order valence-electron chi connectivity index (χ3n) is 4.46. The van der Waals surface area contributed by atoms with Crippen molar-refractivity contribution in [2.24, 2.45) is 0 Å². The Morgan fingerprint density at radius 3 is 2.70 bits per heavy atom. The Labute approximate surface area is 157 Å². The van der Waals surface area contributed by atoms with E-state index in [-0.39, 0.29) is 0 Å². The van der Waals surface area contributed by atoms with Gasteiger partial charge in [0.05, 0.1) is 25.4 Å². The molecule has 0 atom stereocenters. The molecule has 0 spiro atoms. The van der Waals surface area contributed by atoms with Gasteiger partial charge in [-0.1, -0.05) is 17.3 Å². The predicted octanol–water partition coefficient (Wildman–Crippen LogP) is 2.90. The number of nitrogens with zero attached hydrogens (tertiary/aromatic N) is 4. The highest BCUT2D eigenvalue weighted by atomic mass is 16.5. The molecule has 1 aromatic carbocycles. The van der Waals surface area contributed by atoms with Crippen LogP contribution in [0.3, 0.4) is 0 Å². The number of hydrogen-bond donors (Lipinski definition) is 0. The van der Waals surface area contributed by atoms with Crippen LogP contribution in [0.1, 0.15) is 6.42 Å². The lowest BCUT2D eigenvalue weighted by atomic mass is 10.2. The fourth-order valence-corrected chi connectivity index (χ4v) is 3.02. The Kier molecular flexibility index (Phi) is 5.71. The standard InChI is InChI=1S/C20H22N4O3/c1-2-5-18(26-13-3-10-24-11-14-25-15-12-24)17(4-1)20-22-19(23-27-20)16-6-8-21-9-7-16/h1-2,4-9H,3,10-15H2. The summed E-state index contributed by atoms with van der Waals surface area (Å²) in [6.07, 6.45) is 4.37. The van der Waals surface area contributed by atoms with Gasteiger partial charge in [-0.05, 0) is 30.7 Å². The van der Waals surface area contributed by atoms with E-state index < -0.39 is 0 Å². The van der Waals surface area contributed by atoms with Crippen LogP contribution in [-0.4, -0.2) is 59.5 Å². The molecule has 3 heterocycles. The topological polar surface area (TPSA) is 73.5 Å². The minimum Gasteiger partial charge on any atom is -0.493 e. The summed E-state index contributed by atoms with van der Waals surface area (Å²) in [5.74, 6) is 1.74. The second kappa shape index (κ2) is 8.75. The van der Waals surface area contributed by atoms with Gasteiger partial charge < -0.3 is 14.0 Å². The number of ether oxygens (including phenoxy) is 2. The minimum absolute atomic E-state index is 0.450. The lowest BCUT2D eigenvalue weighted by Crippen LogP contribution is -2.37. The molecule has 0 bridgehead atoms. The molecular weight excluding hydrogens is 344 g/mol. The van der Waals surface area contributed by atoms with Crippen molar-refractivity contribution >= 4 is 0 Å². The highest BCUT2D eigenvalue weighted by molar-refractivity contribution is 5.65. The summed E-state index contributed by atoms with van der Waals surface area (Å²) in [5, 5.41) is 4.07. The molecule has 1 fully saturated rings. The van der Waals surface area contributed by atoms with Crippen LogP contribution in [-0.2, 0) is 4.74 Å². The van der Waals surface area contributed by atoms with E-state index >= 15 is 0 Å². The zero-order chi connectivity index (χ0) is 18.3. The molecule has 1 aliphatic heterocycles. The van der Waals surface area contributed by atoms with Gasteiger partial charge in [0.1, 0.15) is 5.75 Å². The van der Waals surface area contributed by atoms with Gasteiger partial charge in [-0.2, -0.15) is 4.98 Å². The summed E-state index contributed by atoms with van der Waals surface area (Å²) < 4.78 is 16.8. The van der Waals surface area contributed by atoms with Gasteiger partial charge in [0.15, 0.2) is 0 Å². The third kappa shape index (κ3) is 4.50. The number of morpholine rings is 1. The summed E-state index contributed by atoms with van der Waals surface area (Å²) in [5.41, 5.74) is 1.67. The highest BCUT2D eigenvalue weighted by Crippen LogP contribution is 2.30. The lowest BCUT2D eigenvalue weighted by molar-refractivity contribution is 0.0358.